The Balaban J connectivity index is 1.55. The molecule has 1 saturated heterocycles. The molecule has 25 heavy (non-hydrogen) atoms. The van der Waals surface area contributed by atoms with Gasteiger partial charge in [0.1, 0.15) is 5.75 Å². The zero-order valence-electron chi connectivity index (χ0n) is 15.9. The molecule has 1 unspecified atom stereocenters. The van der Waals surface area contributed by atoms with Crippen molar-refractivity contribution < 1.29 is 9.53 Å². The van der Waals surface area contributed by atoms with Crippen molar-refractivity contribution >= 4 is 5.91 Å². The molecule has 0 spiro atoms. The summed E-state index contributed by atoms with van der Waals surface area (Å²) in [6, 6.07) is 8.23. The van der Waals surface area contributed by atoms with E-state index in [1.165, 1.54) is 31.2 Å². The quantitative estimate of drug-likeness (QED) is 0.784. The largest absolute Gasteiger partial charge is 0.497 e. The minimum Gasteiger partial charge on any atom is -0.497 e. The molecule has 0 aromatic heterocycles. The number of methoxy groups -OCH3 is 1. The van der Waals surface area contributed by atoms with Crippen LogP contribution in [0.15, 0.2) is 24.3 Å². The first-order chi connectivity index (χ1) is 12.0. The standard InChI is InChI=1S/C21H32N2O2/c1-21(2,23-12-4-5-13-23)15-22-20(24)14-19(16-6-7-16)17-8-10-18(25-3)11-9-17/h8-11,16,19H,4-7,12-15H2,1-3H3,(H,22,24). The Morgan fingerprint density at radius 3 is 2.44 bits per heavy atom. The highest BCUT2D eigenvalue weighted by molar-refractivity contribution is 5.77. The van der Waals surface area contributed by atoms with E-state index in [1.54, 1.807) is 7.11 Å². The average Bonchev–Trinajstić information content (AvgIpc) is 3.30. The van der Waals surface area contributed by atoms with Crippen molar-refractivity contribution in [3.8, 4) is 5.75 Å². The third-order valence-electron chi connectivity index (χ3n) is 5.82. The van der Waals surface area contributed by atoms with Crippen molar-refractivity contribution in [2.75, 3.05) is 26.7 Å². The van der Waals surface area contributed by atoms with Crippen LogP contribution >= 0.6 is 0 Å². The fourth-order valence-corrected chi connectivity index (χ4v) is 3.93. The lowest BCUT2D eigenvalue weighted by atomic mass is 9.90. The van der Waals surface area contributed by atoms with Gasteiger partial charge in [0.05, 0.1) is 7.11 Å². The van der Waals surface area contributed by atoms with Gasteiger partial charge in [0.15, 0.2) is 0 Å². The normalized spacial score (nSPS) is 19.6. The number of amides is 1. The van der Waals surface area contributed by atoms with Gasteiger partial charge in [-0.3, -0.25) is 9.69 Å². The third-order valence-corrected chi connectivity index (χ3v) is 5.82. The number of benzene rings is 1. The second-order valence-corrected chi connectivity index (χ2v) is 8.20. The van der Waals surface area contributed by atoms with Crippen LogP contribution < -0.4 is 10.1 Å². The SMILES string of the molecule is COc1ccc(C(CC(=O)NCC(C)(C)N2CCCC2)C2CC2)cc1. The molecule has 1 N–H and O–H groups in total. The lowest BCUT2D eigenvalue weighted by molar-refractivity contribution is -0.122. The Labute approximate surface area is 151 Å². The van der Waals surface area contributed by atoms with E-state index in [0.29, 0.717) is 18.3 Å². The van der Waals surface area contributed by atoms with Crippen molar-refractivity contribution in [1.29, 1.82) is 0 Å². The van der Waals surface area contributed by atoms with Crippen LogP contribution in [0, 0.1) is 5.92 Å². The molecule has 1 heterocycles. The molecule has 0 radical (unpaired) electrons. The second kappa shape index (κ2) is 7.77. The Morgan fingerprint density at radius 1 is 1.24 bits per heavy atom. The van der Waals surface area contributed by atoms with Crippen LogP contribution in [0.1, 0.15) is 57.4 Å². The molecule has 2 aliphatic rings. The van der Waals surface area contributed by atoms with Crippen LogP contribution in [-0.2, 0) is 4.79 Å². The van der Waals surface area contributed by atoms with Crippen LogP contribution in [0.3, 0.4) is 0 Å². The molecule has 138 valence electrons. The molecular formula is C21H32N2O2. The van der Waals surface area contributed by atoms with E-state index in [0.717, 1.165) is 25.4 Å². The number of likely N-dealkylation sites (tertiary alicyclic amines) is 1. The zero-order chi connectivity index (χ0) is 17.9. The Hall–Kier alpha value is -1.55. The molecule has 4 heteroatoms. The van der Waals surface area contributed by atoms with Gasteiger partial charge >= 0.3 is 0 Å². The van der Waals surface area contributed by atoms with Crippen molar-refractivity contribution in [3.63, 3.8) is 0 Å². The summed E-state index contributed by atoms with van der Waals surface area (Å²) < 4.78 is 5.25. The molecule has 3 rings (SSSR count). The number of carbonyl (C=O) groups is 1. The van der Waals surface area contributed by atoms with E-state index in [9.17, 15) is 4.79 Å². The third kappa shape index (κ3) is 4.75. The average molecular weight is 344 g/mol. The fraction of sp³-hybridized carbons (Fsp3) is 0.667. The van der Waals surface area contributed by atoms with Crippen molar-refractivity contribution in [3.05, 3.63) is 29.8 Å². The highest BCUT2D eigenvalue weighted by Gasteiger charge is 2.34. The topological polar surface area (TPSA) is 41.6 Å². The number of nitrogens with zero attached hydrogens (tertiary/aromatic N) is 1. The minimum atomic E-state index is 0.0430. The summed E-state index contributed by atoms with van der Waals surface area (Å²) in [4.78, 5) is 15.1. The van der Waals surface area contributed by atoms with Crippen LogP contribution in [0.2, 0.25) is 0 Å². The first kappa shape index (κ1) is 18.2. The first-order valence-corrected chi connectivity index (χ1v) is 9.65. The molecule has 2 fully saturated rings. The van der Waals surface area contributed by atoms with Gasteiger partial charge in [-0.05, 0) is 82.2 Å². The van der Waals surface area contributed by atoms with E-state index < -0.39 is 0 Å². The molecular weight excluding hydrogens is 312 g/mol. The van der Waals surface area contributed by atoms with E-state index in [1.807, 2.05) is 12.1 Å². The van der Waals surface area contributed by atoms with Crippen LogP contribution in [0.5, 0.6) is 5.75 Å². The summed E-state index contributed by atoms with van der Waals surface area (Å²) in [5, 5.41) is 3.20. The summed E-state index contributed by atoms with van der Waals surface area (Å²) in [5.74, 6) is 2.04. The van der Waals surface area contributed by atoms with E-state index >= 15 is 0 Å². The van der Waals surface area contributed by atoms with Crippen LogP contribution in [0.4, 0.5) is 0 Å². The molecule has 1 atom stereocenters. The lowest BCUT2D eigenvalue weighted by Gasteiger charge is -2.35. The van der Waals surface area contributed by atoms with Crippen molar-refractivity contribution in [2.24, 2.45) is 5.92 Å². The van der Waals surface area contributed by atoms with Gasteiger partial charge in [0, 0.05) is 18.5 Å². The van der Waals surface area contributed by atoms with Gasteiger partial charge in [-0.2, -0.15) is 0 Å². The summed E-state index contributed by atoms with van der Waals surface area (Å²) in [7, 11) is 1.68. The highest BCUT2D eigenvalue weighted by Crippen LogP contribution is 2.44. The molecule has 1 saturated carbocycles. The number of rotatable bonds is 8. The summed E-state index contributed by atoms with van der Waals surface area (Å²) >= 11 is 0. The predicted molar refractivity (Wildman–Crippen MR) is 101 cm³/mol. The van der Waals surface area contributed by atoms with Crippen LogP contribution in [0.25, 0.3) is 0 Å². The number of hydrogen-bond acceptors (Lipinski definition) is 3. The highest BCUT2D eigenvalue weighted by atomic mass is 16.5. The summed E-state index contributed by atoms with van der Waals surface area (Å²) in [6.07, 6.45) is 5.62. The van der Waals surface area contributed by atoms with Crippen molar-refractivity contribution in [2.45, 2.75) is 57.4 Å². The van der Waals surface area contributed by atoms with E-state index in [2.05, 4.69) is 36.2 Å². The molecule has 0 bridgehead atoms. The van der Waals surface area contributed by atoms with Gasteiger partial charge in [0.2, 0.25) is 5.91 Å². The maximum Gasteiger partial charge on any atom is 0.220 e. The van der Waals surface area contributed by atoms with E-state index in [4.69, 9.17) is 4.74 Å². The molecule has 1 aromatic rings. The van der Waals surface area contributed by atoms with E-state index in [-0.39, 0.29) is 11.4 Å². The number of nitrogens with one attached hydrogen (secondary N) is 1. The maximum absolute atomic E-state index is 12.6. The summed E-state index contributed by atoms with van der Waals surface area (Å²) in [5.41, 5.74) is 1.30. The molecule has 1 aliphatic heterocycles. The maximum atomic E-state index is 12.6. The van der Waals surface area contributed by atoms with Gasteiger partial charge < -0.3 is 10.1 Å². The predicted octanol–water partition coefficient (Wildman–Crippen LogP) is 3.57. The Morgan fingerprint density at radius 2 is 1.88 bits per heavy atom. The van der Waals surface area contributed by atoms with Gasteiger partial charge in [-0.1, -0.05) is 12.1 Å². The van der Waals surface area contributed by atoms with Gasteiger partial charge in [-0.15, -0.1) is 0 Å². The molecule has 4 nitrogen and oxygen atoms in total. The number of carbonyl (C=O) groups excluding carboxylic acids is 1. The number of ether oxygens (including phenoxy) is 1. The first-order valence-electron chi connectivity index (χ1n) is 9.65. The molecule has 1 aromatic carbocycles. The van der Waals surface area contributed by atoms with Gasteiger partial charge in [0.25, 0.3) is 0 Å². The smallest absolute Gasteiger partial charge is 0.220 e. The Kier molecular flexibility index (Phi) is 5.67. The zero-order valence-corrected chi connectivity index (χ0v) is 15.9. The fourth-order valence-electron chi connectivity index (χ4n) is 3.93. The Bertz CT molecular complexity index is 572. The summed E-state index contributed by atoms with van der Waals surface area (Å²) in [6.45, 7) is 7.51. The second-order valence-electron chi connectivity index (χ2n) is 8.20. The van der Waals surface area contributed by atoms with Gasteiger partial charge in [-0.25, -0.2) is 0 Å². The number of hydrogen-bond donors (Lipinski definition) is 1. The molecule has 1 aliphatic carbocycles. The molecule has 1 amide bonds. The van der Waals surface area contributed by atoms with Crippen LogP contribution in [-0.4, -0.2) is 43.1 Å². The monoisotopic (exact) mass is 344 g/mol. The van der Waals surface area contributed by atoms with Crippen molar-refractivity contribution in [1.82, 2.24) is 10.2 Å². The lowest BCUT2D eigenvalue weighted by Crippen LogP contribution is -2.50. The minimum absolute atomic E-state index is 0.0430.